The van der Waals surface area contributed by atoms with Crippen LogP contribution in [0.2, 0.25) is 0 Å². The molecule has 0 aromatic rings. The monoisotopic (exact) mass is 601 g/mol. The van der Waals surface area contributed by atoms with Gasteiger partial charge in [0.05, 0.1) is 17.3 Å². The van der Waals surface area contributed by atoms with Crippen molar-refractivity contribution in [2.45, 2.75) is 126 Å². The smallest absolute Gasteiger partial charge is 0.326 e. The van der Waals surface area contributed by atoms with Crippen LogP contribution in [0.15, 0.2) is 11.6 Å². The number of carboxylic acid groups (broad SMARTS) is 3. The first kappa shape index (κ1) is 33.5. The third-order valence-electron chi connectivity index (χ3n) is 13.5. The molecular formula is C35H55NO7. The van der Waals surface area contributed by atoms with Gasteiger partial charge in [-0.05, 0) is 111 Å². The Labute approximate surface area is 257 Å². The molecule has 8 atom stereocenters. The van der Waals surface area contributed by atoms with Gasteiger partial charge < -0.3 is 20.6 Å². The molecule has 0 aromatic carbocycles. The molecule has 0 aliphatic heterocycles. The Morgan fingerprint density at radius 1 is 0.953 bits per heavy atom. The minimum atomic E-state index is -1.07. The Hall–Kier alpha value is -2.38. The van der Waals surface area contributed by atoms with Gasteiger partial charge in [-0.25, -0.2) is 4.79 Å². The summed E-state index contributed by atoms with van der Waals surface area (Å²) < 4.78 is 0. The predicted molar refractivity (Wildman–Crippen MR) is 164 cm³/mol. The van der Waals surface area contributed by atoms with Crippen LogP contribution in [0, 0.1) is 56.2 Å². The van der Waals surface area contributed by atoms with Crippen molar-refractivity contribution in [3.63, 3.8) is 0 Å². The van der Waals surface area contributed by atoms with Gasteiger partial charge in [-0.15, -0.1) is 0 Å². The number of fused-ring (bicyclic) bond motifs is 5. The van der Waals surface area contributed by atoms with Gasteiger partial charge in [-0.3, -0.25) is 14.4 Å². The Morgan fingerprint density at radius 2 is 1.56 bits per heavy atom. The van der Waals surface area contributed by atoms with Crippen LogP contribution in [0.25, 0.3) is 0 Å². The summed E-state index contributed by atoms with van der Waals surface area (Å²) in [6.45, 7) is 18.3. The first-order chi connectivity index (χ1) is 19.6. The summed E-state index contributed by atoms with van der Waals surface area (Å²) in [5, 5.41) is 33.2. The number of aliphatic carboxylic acids is 3. The third kappa shape index (κ3) is 5.03. The lowest BCUT2D eigenvalue weighted by molar-refractivity contribution is -0.188. The average Bonchev–Trinajstić information content (AvgIpc) is 2.86. The standard InChI is InChI=1S/C35H55NO7/c1-20(2)26(27(39)40)36-28(41)35-16-14-30(3,4)18-22(35)21-10-11-24-32(7,19-25(37)38)23(31(5,6)29(42)43)12-13-34(24,9)33(21,8)15-17-35/h10,20,22-24,26H,11-19H2,1-9H3,(H,36,41)(H,37,38)(H,39,40)(H,42,43)/t22-,23-,24+,26+,32-,33+,34+,35-/m0/s1. The molecule has 1 amide bonds. The molecule has 4 aliphatic rings. The molecule has 0 bridgehead atoms. The molecule has 0 saturated heterocycles. The van der Waals surface area contributed by atoms with E-state index in [0.717, 1.165) is 25.7 Å². The first-order valence-electron chi connectivity index (χ1n) is 16.3. The van der Waals surface area contributed by atoms with Crippen LogP contribution in [0.3, 0.4) is 0 Å². The lowest BCUT2D eigenvalue weighted by Gasteiger charge is -2.69. The molecule has 43 heavy (non-hydrogen) atoms. The molecule has 3 fully saturated rings. The average molecular weight is 602 g/mol. The van der Waals surface area contributed by atoms with Crippen LogP contribution in [-0.2, 0) is 19.2 Å². The second kappa shape index (κ2) is 10.6. The van der Waals surface area contributed by atoms with E-state index in [2.05, 4.69) is 39.1 Å². The minimum absolute atomic E-state index is 0.0243. The highest BCUT2D eigenvalue weighted by atomic mass is 16.4. The molecule has 242 valence electrons. The Bertz CT molecular complexity index is 1220. The van der Waals surface area contributed by atoms with Crippen molar-refractivity contribution >= 4 is 23.8 Å². The molecule has 8 nitrogen and oxygen atoms in total. The highest BCUT2D eigenvalue weighted by Gasteiger charge is 2.69. The molecule has 4 aliphatic carbocycles. The van der Waals surface area contributed by atoms with Crippen LogP contribution < -0.4 is 5.32 Å². The van der Waals surface area contributed by atoms with E-state index in [-0.39, 0.29) is 52.2 Å². The molecule has 4 N–H and O–H groups in total. The summed E-state index contributed by atoms with van der Waals surface area (Å²) in [7, 11) is 0. The number of carbonyl (C=O) groups is 4. The van der Waals surface area contributed by atoms with Crippen molar-refractivity contribution < 1.29 is 34.5 Å². The zero-order valence-corrected chi connectivity index (χ0v) is 27.8. The summed E-state index contributed by atoms with van der Waals surface area (Å²) in [4.78, 5) is 51.2. The summed E-state index contributed by atoms with van der Waals surface area (Å²) >= 11 is 0. The van der Waals surface area contributed by atoms with Crippen molar-refractivity contribution in [3.8, 4) is 0 Å². The molecule has 0 spiro atoms. The van der Waals surface area contributed by atoms with Gasteiger partial charge in [0.25, 0.3) is 0 Å². The zero-order valence-electron chi connectivity index (χ0n) is 27.8. The lowest BCUT2D eigenvalue weighted by atomic mass is 9.34. The number of amides is 1. The molecule has 3 saturated carbocycles. The molecule has 4 rings (SSSR count). The number of nitrogens with one attached hydrogen (secondary N) is 1. The van der Waals surface area contributed by atoms with Gasteiger partial charge in [0.1, 0.15) is 6.04 Å². The van der Waals surface area contributed by atoms with Gasteiger partial charge in [-0.2, -0.15) is 0 Å². The Balaban J connectivity index is 1.83. The van der Waals surface area contributed by atoms with E-state index in [1.54, 1.807) is 13.8 Å². The highest BCUT2D eigenvalue weighted by Crippen LogP contribution is 2.74. The van der Waals surface area contributed by atoms with Crippen molar-refractivity contribution in [1.29, 1.82) is 0 Å². The van der Waals surface area contributed by atoms with Crippen molar-refractivity contribution in [3.05, 3.63) is 11.6 Å². The van der Waals surface area contributed by atoms with Gasteiger partial charge >= 0.3 is 17.9 Å². The maximum Gasteiger partial charge on any atom is 0.326 e. The molecule has 0 aromatic heterocycles. The molecular weight excluding hydrogens is 546 g/mol. The summed E-state index contributed by atoms with van der Waals surface area (Å²) in [6, 6.07) is -0.947. The fourth-order valence-electron chi connectivity index (χ4n) is 10.7. The fraction of sp³-hybridized carbons (Fsp3) is 0.829. The van der Waals surface area contributed by atoms with Gasteiger partial charge in [0.15, 0.2) is 0 Å². The highest BCUT2D eigenvalue weighted by molar-refractivity contribution is 5.88. The van der Waals surface area contributed by atoms with Crippen LogP contribution in [0.5, 0.6) is 0 Å². The van der Waals surface area contributed by atoms with E-state index < -0.39 is 40.2 Å². The maximum absolute atomic E-state index is 14.2. The van der Waals surface area contributed by atoms with E-state index in [1.165, 1.54) is 5.57 Å². The van der Waals surface area contributed by atoms with Gasteiger partial charge in [0, 0.05) is 0 Å². The number of rotatable bonds is 8. The van der Waals surface area contributed by atoms with Crippen molar-refractivity contribution in [1.82, 2.24) is 5.32 Å². The SMILES string of the molecule is CC(C)[C@@H](NC(=O)[C@]12CCC(C)(C)C[C@H]1C1=CC[C@@H]3[C@@](C)(CC(=O)O)[C@H](C(C)(C)C(=O)O)CC[C@@]3(C)[C@]1(C)CC2)C(=O)O. The van der Waals surface area contributed by atoms with Gasteiger partial charge in [0.2, 0.25) is 5.91 Å². The second-order valence-corrected chi connectivity index (χ2v) is 17.0. The number of hydrogen-bond donors (Lipinski definition) is 4. The first-order valence-corrected chi connectivity index (χ1v) is 16.3. The zero-order chi connectivity index (χ0) is 32.6. The molecule has 8 heteroatoms. The normalized spacial score (nSPS) is 39.4. The predicted octanol–water partition coefficient (Wildman–Crippen LogP) is 6.78. The number of allylic oxidation sites excluding steroid dienone is 2. The van der Waals surface area contributed by atoms with Crippen LogP contribution >= 0.6 is 0 Å². The van der Waals surface area contributed by atoms with Crippen LogP contribution in [0.4, 0.5) is 0 Å². The van der Waals surface area contributed by atoms with Crippen LogP contribution in [0.1, 0.15) is 120 Å². The summed E-state index contributed by atoms with van der Waals surface area (Å²) in [5.74, 6) is -3.55. The largest absolute Gasteiger partial charge is 0.481 e. The Morgan fingerprint density at radius 3 is 2.09 bits per heavy atom. The number of hydrogen-bond acceptors (Lipinski definition) is 4. The number of carboxylic acids is 3. The van der Waals surface area contributed by atoms with Crippen molar-refractivity contribution in [2.75, 3.05) is 0 Å². The van der Waals surface area contributed by atoms with Gasteiger partial charge in [-0.1, -0.05) is 60.1 Å². The topological polar surface area (TPSA) is 141 Å². The van der Waals surface area contributed by atoms with Crippen molar-refractivity contribution in [2.24, 2.45) is 56.2 Å². The summed E-state index contributed by atoms with van der Waals surface area (Å²) in [5.41, 5.74) is -1.74. The van der Waals surface area contributed by atoms with E-state index in [9.17, 15) is 34.5 Å². The minimum Gasteiger partial charge on any atom is -0.481 e. The van der Waals surface area contributed by atoms with Crippen LogP contribution in [-0.4, -0.2) is 45.2 Å². The second-order valence-electron chi connectivity index (χ2n) is 17.0. The third-order valence-corrected chi connectivity index (χ3v) is 13.5. The molecule has 0 heterocycles. The fourth-order valence-corrected chi connectivity index (χ4v) is 10.7. The maximum atomic E-state index is 14.2. The number of carbonyl (C=O) groups excluding carboxylic acids is 1. The quantitative estimate of drug-likeness (QED) is 0.225. The molecule has 0 radical (unpaired) electrons. The van der Waals surface area contributed by atoms with E-state index in [0.29, 0.717) is 25.7 Å². The Kier molecular flexibility index (Phi) is 8.27. The lowest BCUT2D eigenvalue weighted by Crippen LogP contribution is -2.65. The van der Waals surface area contributed by atoms with E-state index >= 15 is 0 Å². The molecule has 0 unspecified atom stereocenters. The van der Waals surface area contributed by atoms with E-state index in [1.807, 2.05) is 20.8 Å². The van der Waals surface area contributed by atoms with E-state index in [4.69, 9.17) is 0 Å². The summed E-state index contributed by atoms with van der Waals surface area (Å²) in [6.07, 6.45) is 8.14.